The molecule has 2 heteroatoms. The molecule has 1 aliphatic heterocycles. The standard InChI is InChI=1S/C8H11NO/c1-5-4-8(10)6(2)7(3)9-5/h4,7,9H,2H2,1,3H3. The maximum atomic E-state index is 11.0. The molecule has 54 valence electrons. The molecule has 10 heavy (non-hydrogen) atoms. The summed E-state index contributed by atoms with van der Waals surface area (Å²) in [5.41, 5.74) is 1.57. The Morgan fingerprint density at radius 1 is 1.70 bits per heavy atom. The third-order valence-electron chi connectivity index (χ3n) is 1.63. The normalized spacial score (nSPS) is 25.8. The number of hydrogen-bond donors (Lipinski definition) is 1. The summed E-state index contributed by atoms with van der Waals surface area (Å²) in [5.74, 6) is 0.0451. The molecule has 0 amide bonds. The van der Waals surface area contributed by atoms with Crippen LogP contribution in [-0.4, -0.2) is 11.8 Å². The highest BCUT2D eigenvalue weighted by atomic mass is 16.1. The zero-order chi connectivity index (χ0) is 7.72. The molecule has 0 fully saturated rings. The van der Waals surface area contributed by atoms with Crippen LogP contribution in [0.25, 0.3) is 0 Å². The van der Waals surface area contributed by atoms with Gasteiger partial charge in [0.1, 0.15) is 0 Å². The predicted octanol–water partition coefficient (Wildman–Crippen LogP) is 1.01. The van der Waals surface area contributed by atoms with Gasteiger partial charge in [-0.2, -0.15) is 0 Å². The van der Waals surface area contributed by atoms with E-state index in [-0.39, 0.29) is 11.8 Å². The molecule has 0 aliphatic carbocycles. The monoisotopic (exact) mass is 137 g/mol. The lowest BCUT2D eigenvalue weighted by Gasteiger charge is -2.20. The Hall–Kier alpha value is -1.05. The lowest BCUT2D eigenvalue weighted by Crippen LogP contribution is -2.33. The number of carbonyl (C=O) groups excluding carboxylic acids is 1. The van der Waals surface area contributed by atoms with Crippen molar-refractivity contribution in [3.63, 3.8) is 0 Å². The van der Waals surface area contributed by atoms with Gasteiger partial charge >= 0.3 is 0 Å². The van der Waals surface area contributed by atoms with Crippen LogP contribution in [0.2, 0.25) is 0 Å². The topological polar surface area (TPSA) is 29.1 Å². The minimum atomic E-state index is 0.0451. The fourth-order valence-electron chi connectivity index (χ4n) is 0.973. The van der Waals surface area contributed by atoms with Crippen molar-refractivity contribution in [1.29, 1.82) is 0 Å². The predicted molar refractivity (Wildman–Crippen MR) is 40.5 cm³/mol. The molecule has 2 nitrogen and oxygen atoms in total. The van der Waals surface area contributed by atoms with Crippen LogP contribution in [-0.2, 0) is 4.79 Å². The summed E-state index contributed by atoms with van der Waals surface area (Å²) in [6.07, 6.45) is 1.57. The van der Waals surface area contributed by atoms with Crippen molar-refractivity contribution in [2.75, 3.05) is 0 Å². The number of hydrogen-bond acceptors (Lipinski definition) is 2. The first kappa shape index (κ1) is 7.06. The summed E-state index contributed by atoms with van der Waals surface area (Å²) in [6.45, 7) is 7.46. The molecule has 0 bridgehead atoms. The van der Waals surface area contributed by atoms with Crippen LogP contribution in [0.1, 0.15) is 13.8 Å². The highest BCUT2D eigenvalue weighted by molar-refractivity contribution is 6.05. The number of allylic oxidation sites excluding steroid dienone is 2. The lowest BCUT2D eigenvalue weighted by atomic mass is 10.0. The van der Waals surface area contributed by atoms with Crippen LogP contribution >= 0.6 is 0 Å². The van der Waals surface area contributed by atoms with Gasteiger partial charge in [-0.3, -0.25) is 4.79 Å². The molecular weight excluding hydrogens is 126 g/mol. The van der Waals surface area contributed by atoms with E-state index >= 15 is 0 Å². The molecule has 1 atom stereocenters. The summed E-state index contributed by atoms with van der Waals surface area (Å²) in [4.78, 5) is 11.0. The Morgan fingerprint density at radius 2 is 2.30 bits per heavy atom. The van der Waals surface area contributed by atoms with Gasteiger partial charge in [-0.05, 0) is 13.8 Å². The lowest BCUT2D eigenvalue weighted by molar-refractivity contribution is -0.111. The van der Waals surface area contributed by atoms with E-state index in [4.69, 9.17) is 0 Å². The van der Waals surface area contributed by atoms with Crippen molar-refractivity contribution in [1.82, 2.24) is 5.32 Å². The quantitative estimate of drug-likeness (QED) is 0.505. The smallest absolute Gasteiger partial charge is 0.184 e. The Labute approximate surface area is 60.6 Å². The molecule has 0 aromatic heterocycles. The number of rotatable bonds is 0. The van der Waals surface area contributed by atoms with Gasteiger partial charge in [-0.15, -0.1) is 0 Å². The minimum Gasteiger partial charge on any atom is -0.382 e. The zero-order valence-electron chi connectivity index (χ0n) is 6.27. The summed E-state index contributed by atoms with van der Waals surface area (Å²) in [6, 6.07) is 0.0949. The van der Waals surface area contributed by atoms with Crippen molar-refractivity contribution in [3.8, 4) is 0 Å². The van der Waals surface area contributed by atoms with Gasteiger partial charge in [0.2, 0.25) is 0 Å². The van der Waals surface area contributed by atoms with E-state index in [0.717, 1.165) is 5.70 Å². The Kier molecular flexibility index (Phi) is 1.62. The maximum Gasteiger partial charge on any atom is 0.184 e. The van der Waals surface area contributed by atoms with Gasteiger partial charge in [0.25, 0.3) is 0 Å². The average molecular weight is 137 g/mol. The largest absolute Gasteiger partial charge is 0.382 e. The summed E-state index contributed by atoms with van der Waals surface area (Å²) in [7, 11) is 0. The first-order valence-electron chi connectivity index (χ1n) is 3.29. The van der Waals surface area contributed by atoms with Crippen molar-refractivity contribution >= 4 is 5.78 Å². The third-order valence-corrected chi connectivity index (χ3v) is 1.63. The Balaban J connectivity index is 2.89. The molecule has 1 rings (SSSR count). The molecule has 1 unspecified atom stereocenters. The zero-order valence-corrected chi connectivity index (χ0v) is 6.27. The molecule has 1 aliphatic rings. The summed E-state index contributed by atoms with van der Waals surface area (Å²) < 4.78 is 0. The Morgan fingerprint density at radius 3 is 2.80 bits per heavy atom. The second kappa shape index (κ2) is 2.29. The molecule has 0 aromatic rings. The van der Waals surface area contributed by atoms with Gasteiger partial charge in [0, 0.05) is 17.3 Å². The van der Waals surface area contributed by atoms with Gasteiger partial charge in [-0.1, -0.05) is 6.58 Å². The van der Waals surface area contributed by atoms with Crippen molar-refractivity contribution in [2.24, 2.45) is 0 Å². The molecule has 0 spiro atoms. The second-order valence-electron chi connectivity index (χ2n) is 2.58. The molecule has 0 aromatic carbocycles. The van der Waals surface area contributed by atoms with E-state index in [1.54, 1.807) is 6.08 Å². The maximum absolute atomic E-state index is 11.0. The van der Waals surface area contributed by atoms with Crippen LogP contribution in [0.4, 0.5) is 0 Å². The van der Waals surface area contributed by atoms with Crippen molar-refractivity contribution in [3.05, 3.63) is 23.9 Å². The molecule has 0 saturated carbocycles. The third kappa shape index (κ3) is 1.10. The van der Waals surface area contributed by atoms with E-state index in [0.29, 0.717) is 5.57 Å². The van der Waals surface area contributed by atoms with E-state index in [9.17, 15) is 4.79 Å². The van der Waals surface area contributed by atoms with E-state index in [1.807, 2.05) is 13.8 Å². The highest BCUT2D eigenvalue weighted by Crippen LogP contribution is 2.09. The van der Waals surface area contributed by atoms with Gasteiger partial charge < -0.3 is 5.32 Å². The molecule has 1 heterocycles. The van der Waals surface area contributed by atoms with E-state index in [2.05, 4.69) is 11.9 Å². The number of ketones is 1. The first-order valence-corrected chi connectivity index (χ1v) is 3.29. The molecule has 1 N–H and O–H groups in total. The van der Waals surface area contributed by atoms with Gasteiger partial charge in [0.15, 0.2) is 5.78 Å². The second-order valence-corrected chi connectivity index (χ2v) is 2.58. The van der Waals surface area contributed by atoms with E-state index in [1.165, 1.54) is 0 Å². The van der Waals surface area contributed by atoms with Crippen LogP contribution in [0.3, 0.4) is 0 Å². The average Bonchev–Trinajstić information content (AvgIpc) is 1.82. The van der Waals surface area contributed by atoms with Crippen LogP contribution in [0, 0.1) is 0 Å². The van der Waals surface area contributed by atoms with Crippen LogP contribution < -0.4 is 5.32 Å². The first-order chi connectivity index (χ1) is 4.61. The number of carbonyl (C=O) groups is 1. The van der Waals surface area contributed by atoms with Crippen molar-refractivity contribution < 1.29 is 4.79 Å². The van der Waals surface area contributed by atoms with Crippen molar-refractivity contribution in [2.45, 2.75) is 19.9 Å². The number of nitrogens with one attached hydrogen (secondary N) is 1. The molecular formula is C8H11NO. The van der Waals surface area contributed by atoms with Gasteiger partial charge in [-0.25, -0.2) is 0 Å². The SMILES string of the molecule is C=C1C(=O)C=C(C)NC1C. The fraction of sp³-hybridized carbons (Fsp3) is 0.375. The Bertz CT molecular complexity index is 215. The summed E-state index contributed by atoms with van der Waals surface area (Å²) in [5, 5.41) is 3.10. The minimum absolute atomic E-state index is 0.0451. The van der Waals surface area contributed by atoms with Gasteiger partial charge in [0.05, 0.1) is 6.04 Å². The van der Waals surface area contributed by atoms with E-state index < -0.39 is 0 Å². The highest BCUT2D eigenvalue weighted by Gasteiger charge is 2.17. The summed E-state index contributed by atoms with van der Waals surface area (Å²) >= 11 is 0. The molecule has 0 radical (unpaired) electrons. The molecule has 0 saturated heterocycles. The van der Waals surface area contributed by atoms with Crippen LogP contribution in [0.15, 0.2) is 23.9 Å². The van der Waals surface area contributed by atoms with Crippen LogP contribution in [0.5, 0.6) is 0 Å². The fourth-order valence-corrected chi connectivity index (χ4v) is 0.973.